The van der Waals surface area contributed by atoms with Gasteiger partial charge in [0.05, 0.1) is 19.4 Å². The monoisotopic (exact) mass is 414 g/mol. The number of benzene rings is 2. The first-order chi connectivity index (χ1) is 14.0. The molecule has 0 spiro atoms. The number of thiazole rings is 1. The zero-order chi connectivity index (χ0) is 20.8. The van der Waals surface area contributed by atoms with Crippen molar-refractivity contribution in [3.05, 3.63) is 58.7 Å². The topological polar surface area (TPSA) is 60.5 Å². The van der Waals surface area contributed by atoms with Crippen molar-refractivity contribution in [2.24, 2.45) is 0 Å². The number of amides is 1. The van der Waals surface area contributed by atoms with Gasteiger partial charge in [-0.25, -0.2) is 9.37 Å². The summed E-state index contributed by atoms with van der Waals surface area (Å²) < 4.78 is 24.0. The smallest absolute Gasteiger partial charge is 0.226 e. The molecule has 0 saturated carbocycles. The van der Waals surface area contributed by atoms with E-state index >= 15 is 0 Å². The highest BCUT2D eigenvalue weighted by Gasteiger charge is 2.13. The second-order valence-corrected chi connectivity index (χ2v) is 7.60. The third-order valence-corrected chi connectivity index (χ3v) is 5.22. The SMILES string of the molecule is CCOc1ccc(CCC(=O)Nc2nc(-c3ccc(F)cc3)c(C)s2)cc1OC. The van der Waals surface area contributed by atoms with Crippen molar-refractivity contribution in [1.82, 2.24) is 4.98 Å². The van der Waals surface area contributed by atoms with Crippen LogP contribution >= 0.6 is 11.3 Å². The van der Waals surface area contributed by atoms with E-state index in [2.05, 4.69) is 10.3 Å². The van der Waals surface area contributed by atoms with Gasteiger partial charge < -0.3 is 14.8 Å². The number of anilines is 1. The molecule has 1 amide bonds. The first-order valence-corrected chi connectivity index (χ1v) is 10.1. The van der Waals surface area contributed by atoms with Gasteiger partial charge in [0.2, 0.25) is 5.91 Å². The van der Waals surface area contributed by atoms with Gasteiger partial charge >= 0.3 is 0 Å². The van der Waals surface area contributed by atoms with Gasteiger partial charge in [0.25, 0.3) is 0 Å². The van der Waals surface area contributed by atoms with Gasteiger partial charge in [0.1, 0.15) is 5.82 Å². The number of halogens is 1. The molecule has 0 aliphatic heterocycles. The quantitative estimate of drug-likeness (QED) is 0.548. The number of carbonyl (C=O) groups excluding carboxylic acids is 1. The summed E-state index contributed by atoms with van der Waals surface area (Å²) in [5, 5.41) is 3.39. The highest BCUT2D eigenvalue weighted by Crippen LogP contribution is 2.31. The van der Waals surface area contributed by atoms with Crippen LogP contribution in [0.15, 0.2) is 42.5 Å². The number of ether oxygens (including phenoxy) is 2. The van der Waals surface area contributed by atoms with Crippen LogP contribution in [0.25, 0.3) is 11.3 Å². The van der Waals surface area contributed by atoms with E-state index in [4.69, 9.17) is 9.47 Å². The van der Waals surface area contributed by atoms with Gasteiger partial charge in [-0.05, 0) is 62.2 Å². The standard InChI is InChI=1S/C22H23FN2O3S/c1-4-28-18-11-5-15(13-19(18)27-3)6-12-20(26)24-22-25-21(14(2)29-22)16-7-9-17(23)10-8-16/h5,7-11,13H,4,6,12H2,1-3H3,(H,24,25,26). The van der Waals surface area contributed by atoms with Gasteiger partial charge in [-0.15, -0.1) is 11.3 Å². The summed E-state index contributed by atoms with van der Waals surface area (Å²) in [4.78, 5) is 17.8. The van der Waals surface area contributed by atoms with Gasteiger partial charge in [-0.2, -0.15) is 0 Å². The molecule has 0 atom stereocenters. The maximum atomic E-state index is 13.1. The van der Waals surface area contributed by atoms with E-state index < -0.39 is 0 Å². The second-order valence-electron chi connectivity index (χ2n) is 6.40. The highest BCUT2D eigenvalue weighted by molar-refractivity contribution is 7.16. The molecule has 7 heteroatoms. The Hall–Kier alpha value is -2.93. The number of aryl methyl sites for hydroxylation is 2. The fourth-order valence-corrected chi connectivity index (χ4v) is 3.76. The molecule has 5 nitrogen and oxygen atoms in total. The van der Waals surface area contributed by atoms with Gasteiger partial charge in [-0.3, -0.25) is 4.79 Å². The molecule has 0 bridgehead atoms. The Morgan fingerprint density at radius 3 is 2.62 bits per heavy atom. The van der Waals surface area contributed by atoms with Crippen LogP contribution < -0.4 is 14.8 Å². The number of aromatic nitrogens is 1. The Kier molecular flexibility index (Phi) is 6.82. The van der Waals surface area contributed by atoms with Crippen LogP contribution in [0, 0.1) is 12.7 Å². The number of hydrogen-bond acceptors (Lipinski definition) is 5. The van der Waals surface area contributed by atoms with E-state index in [1.807, 2.05) is 32.0 Å². The average molecular weight is 415 g/mol. The molecule has 0 unspecified atom stereocenters. The molecule has 152 valence electrons. The predicted octanol–water partition coefficient (Wildman–Crippen LogP) is 5.24. The Balaban J connectivity index is 1.61. The number of methoxy groups -OCH3 is 1. The van der Waals surface area contributed by atoms with Crippen molar-refractivity contribution in [2.75, 3.05) is 19.0 Å². The van der Waals surface area contributed by atoms with E-state index in [9.17, 15) is 9.18 Å². The van der Waals surface area contributed by atoms with E-state index in [1.54, 1.807) is 19.2 Å². The second kappa shape index (κ2) is 9.52. The molecule has 2 aromatic carbocycles. The Morgan fingerprint density at radius 1 is 1.17 bits per heavy atom. The molecule has 0 radical (unpaired) electrons. The molecular weight excluding hydrogens is 391 g/mol. The Labute approximate surface area is 173 Å². The molecule has 1 heterocycles. The maximum absolute atomic E-state index is 13.1. The largest absolute Gasteiger partial charge is 0.493 e. The first-order valence-electron chi connectivity index (χ1n) is 9.33. The number of hydrogen-bond donors (Lipinski definition) is 1. The molecule has 29 heavy (non-hydrogen) atoms. The number of nitrogens with one attached hydrogen (secondary N) is 1. The van der Waals surface area contributed by atoms with Crippen molar-refractivity contribution in [2.45, 2.75) is 26.7 Å². The van der Waals surface area contributed by atoms with Crippen LogP contribution in [0.3, 0.4) is 0 Å². The van der Waals surface area contributed by atoms with Crippen molar-refractivity contribution < 1.29 is 18.7 Å². The van der Waals surface area contributed by atoms with Crippen molar-refractivity contribution in [3.8, 4) is 22.8 Å². The van der Waals surface area contributed by atoms with E-state index in [-0.39, 0.29) is 11.7 Å². The fourth-order valence-electron chi connectivity index (χ4n) is 2.91. The summed E-state index contributed by atoms with van der Waals surface area (Å²) in [6.45, 7) is 4.41. The Bertz CT molecular complexity index is 986. The van der Waals surface area contributed by atoms with Crippen LogP contribution in [0.2, 0.25) is 0 Å². The van der Waals surface area contributed by atoms with Crippen LogP contribution in [-0.2, 0) is 11.2 Å². The summed E-state index contributed by atoms with van der Waals surface area (Å²) in [6.07, 6.45) is 0.894. The summed E-state index contributed by atoms with van der Waals surface area (Å²) in [5.74, 6) is 0.942. The lowest BCUT2D eigenvalue weighted by atomic mass is 10.1. The highest BCUT2D eigenvalue weighted by atomic mass is 32.1. The minimum Gasteiger partial charge on any atom is -0.493 e. The van der Waals surface area contributed by atoms with E-state index in [0.717, 1.165) is 21.7 Å². The minimum absolute atomic E-state index is 0.114. The summed E-state index contributed by atoms with van der Waals surface area (Å²) in [5.41, 5.74) is 2.56. The molecule has 3 rings (SSSR count). The molecule has 1 N–H and O–H groups in total. The summed E-state index contributed by atoms with van der Waals surface area (Å²) >= 11 is 1.40. The Morgan fingerprint density at radius 2 is 1.93 bits per heavy atom. The zero-order valence-electron chi connectivity index (χ0n) is 16.6. The third kappa shape index (κ3) is 5.32. The van der Waals surface area contributed by atoms with E-state index in [0.29, 0.717) is 36.1 Å². The molecule has 0 aliphatic rings. The van der Waals surface area contributed by atoms with Crippen LogP contribution in [0.4, 0.5) is 9.52 Å². The number of carbonyl (C=O) groups is 1. The van der Waals surface area contributed by atoms with Crippen molar-refractivity contribution >= 4 is 22.4 Å². The normalized spacial score (nSPS) is 10.6. The third-order valence-electron chi connectivity index (χ3n) is 4.33. The number of rotatable bonds is 8. The molecule has 1 aromatic heterocycles. The lowest BCUT2D eigenvalue weighted by molar-refractivity contribution is -0.116. The predicted molar refractivity (Wildman–Crippen MR) is 113 cm³/mol. The first kappa shape index (κ1) is 20.8. The van der Waals surface area contributed by atoms with Crippen LogP contribution in [0.1, 0.15) is 23.8 Å². The summed E-state index contributed by atoms with van der Waals surface area (Å²) in [7, 11) is 1.60. The molecule has 0 fully saturated rings. The van der Waals surface area contributed by atoms with Crippen LogP contribution in [-0.4, -0.2) is 24.6 Å². The van der Waals surface area contributed by atoms with Crippen LogP contribution in [0.5, 0.6) is 11.5 Å². The van der Waals surface area contributed by atoms with E-state index in [1.165, 1.54) is 23.5 Å². The molecule has 0 saturated heterocycles. The van der Waals surface area contributed by atoms with Crippen molar-refractivity contribution in [1.29, 1.82) is 0 Å². The molecular formula is C22H23FN2O3S. The average Bonchev–Trinajstić information content (AvgIpc) is 3.07. The minimum atomic E-state index is -0.291. The molecule has 3 aromatic rings. The lowest BCUT2D eigenvalue weighted by Gasteiger charge is -2.10. The zero-order valence-corrected chi connectivity index (χ0v) is 17.4. The van der Waals surface area contributed by atoms with Gasteiger partial charge in [-0.1, -0.05) is 6.07 Å². The molecule has 0 aliphatic carbocycles. The van der Waals surface area contributed by atoms with Crippen molar-refractivity contribution in [3.63, 3.8) is 0 Å². The van der Waals surface area contributed by atoms with Gasteiger partial charge in [0, 0.05) is 16.9 Å². The van der Waals surface area contributed by atoms with Gasteiger partial charge in [0.15, 0.2) is 16.6 Å². The fraction of sp³-hybridized carbons (Fsp3) is 0.273. The lowest BCUT2D eigenvalue weighted by Crippen LogP contribution is -2.12. The summed E-state index contributed by atoms with van der Waals surface area (Å²) in [6, 6.07) is 11.8. The maximum Gasteiger partial charge on any atom is 0.226 e. The number of nitrogens with zero attached hydrogens (tertiary/aromatic N) is 1.